The third-order valence-electron chi connectivity index (χ3n) is 1.21. The van der Waals surface area contributed by atoms with E-state index >= 15 is 0 Å². The molecule has 0 N–H and O–H groups in total. The quantitative estimate of drug-likeness (QED) is 0.402. The predicted molar refractivity (Wildman–Crippen MR) is 47.1 cm³/mol. The van der Waals surface area contributed by atoms with Gasteiger partial charge in [0.15, 0.2) is 11.0 Å². The Bertz CT molecular complexity index is 402. The van der Waals surface area contributed by atoms with Crippen LogP contribution in [0, 0.1) is 12.3 Å². The monoisotopic (exact) mass is 183 g/mol. The zero-order valence-electron chi connectivity index (χ0n) is 6.07. The number of thiol groups is 1. The third-order valence-corrected chi connectivity index (χ3v) is 1.60. The Hall–Kier alpha value is -1.34. The van der Waals surface area contributed by atoms with Crippen LogP contribution in [0.2, 0.25) is 0 Å². The molecule has 0 amide bonds. The summed E-state index contributed by atoms with van der Waals surface area (Å²) >= 11 is 0. The van der Waals surface area contributed by atoms with E-state index in [0.29, 0.717) is 11.3 Å². The Morgan fingerprint density at radius 3 is 2.92 bits per heavy atom. The van der Waals surface area contributed by atoms with E-state index in [4.69, 9.17) is 6.42 Å². The van der Waals surface area contributed by atoms with Crippen LogP contribution in [0.4, 0.5) is 9.57 Å². The van der Waals surface area contributed by atoms with Crippen LogP contribution in [0.3, 0.4) is 0 Å². The highest BCUT2D eigenvalue weighted by Gasteiger charge is 1.90. The summed E-state index contributed by atoms with van der Waals surface area (Å²) in [5.41, 5.74) is 0.891. The molecule has 0 saturated carbocycles. The summed E-state index contributed by atoms with van der Waals surface area (Å²) in [5.74, 6) is 2.36. The van der Waals surface area contributed by atoms with Crippen LogP contribution in [0.25, 0.3) is 0 Å². The maximum absolute atomic E-state index is 11.9. The van der Waals surface area contributed by atoms with E-state index in [1.807, 2.05) is 0 Å². The van der Waals surface area contributed by atoms with Crippen LogP contribution >= 0.6 is 0 Å². The lowest BCUT2D eigenvalue weighted by Gasteiger charge is -1.91. The molecule has 0 bridgehead atoms. The SMILES string of the molecule is C#Cc1cccc(/N=[SH](=O)\F)c1. The van der Waals surface area contributed by atoms with Gasteiger partial charge in [-0.25, -0.2) is 4.21 Å². The average Bonchev–Trinajstić information content (AvgIpc) is 2.03. The smallest absolute Gasteiger partial charge is 0.196 e. The van der Waals surface area contributed by atoms with Crippen molar-refractivity contribution in [1.29, 1.82) is 0 Å². The van der Waals surface area contributed by atoms with Crippen molar-refractivity contribution in [2.24, 2.45) is 4.36 Å². The fourth-order valence-electron chi connectivity index (χ4n) is 0.749. The normalized spacial score (nSPS) is 12.3. The number of halogens is 1. The first-order valence-corrected chi connectivity index (χ1v) is 4.24. The van der Waals surface area contributed by atoms with Crippen LogP contribution in [0.5, 0.6) is 0 Å². The predicted octanol–water partition coefficient (Wildman–Crippen LogP) is 1.85. The summed E-state index contributed by atoms with van der Waals surface area (Å²) in [5, 5.41) is 0. The van der Waals surface area contributed by atoms with Gasteiger partial charge >= 0.3 is 0 Å². The third kappa shape index (κ3) is 2.36. The van der Waals surface area contributed by atoms with Crippen molar-refractivity contribution in [3.8, 4) is 12.3 Å². The molecule has 0 aliphatic rings. The van der Waals surface area contributed by atoms with Crippen LogP contribution in [-0.2, 0) is 11.0 Å². The largest absolute Gasteiger partial charge is 0.219 e. The molecule has 0 saturated heterocycles. The Labute approximate surface area is 71.9 Å². The van der Waals surface area contributed by atoms with Gasteiger partial charge in [0.1, 0.15) is 0 Å². The minimum Gasteiger partial charge on any atom is -0.219 e. The molecule has 0 aromatic heterocycles. The molecule has 0 aliphatic heterocycles. The molecule has 0 heterocycles. The van der Waals surface area contributed by atoms with E-state index < -0.39 is 11.0 Å². The molecule has 1 atom stereocenters. The van der Waals surface area contributed by atoms with Gasteiger partial charge in [0, 0.05) is 5.56 Å². The maximum atomic E-state index is 11.9. The van der Waals surface area contributed by atoms with Crippen LogP contribution in [-0.4, -0.2) is 4.21 Å². The molecule has 12 heavy (non-hydrogen) atoms. The van der Waals surface area contributed by atoms with E-state index in [0.717, 1.165) is 0 Å². The number of nitrogens with zero attached hydrogens (tertiary/aromatic N) is 1. The Balaban J connectivity index is 3.13. The number of terminal acetylenes is 1. The molecule has 1 aromatic rings. The molecule has 1 rings (SSSR count). The van der Waals surface area contributed by atoms with E-state index in [2.05, 4.69) is 10.3 Å². The summed E-state index contributed by atoms with van der Waals surface area (Å²) in [6.45, 7) is 0. The fourth-order valence-corrected chi connectivity index (χ4v) is 1.05. The number of benzene rings is 1. The van der Waals surface area contributed by atoms with Crippen LogP contribution in [0.15, 0.2) is 28.6 Å². The lowest BCUT2D eigenvalue weighted by Crippen LogP contribution is -1.71. The Kier molecular flexibility index (Phi) is 2.83. The van der Waals surface area contributed by atoms with Crippen molar-refractivity contribution >= 4 is 16.7 Å². The van der Waals surface area contributed by atoms with Gasteiger partial charge in [-0.15, -0.1) is 10.3 Å². The van der Waals surface area contributed by atoms with Gasteiger partial charge in [-0.3, -0.25) is 0 Å². The molecule has 4 heteroatoms. The van der Waals surface area contributed by atoms with Gasteiger partial charge in [-0.05, 0) is 18.2 Å². The Morgan fingerprint density at radius 1 is 1.58 bits per heavy atom. The zero-order chi connectivity index (χ0) is 8.97. The van der Waals surface area contributed by atoms with Crippen molar-refractivity contribution in [3.63, 3.8) is 0 Å². The minimum atomic E-state index is -2.99. The highest BCUT2D eigenvalue weighted by molar-refractivity contribution is 7.69. The van der Waals surface area contributed by atoms with Gasteiger partial charge in [0.05, 0.1) is 5.69 Å². The van der Waals surface area contributed by atoms with Crippen LogP contribution in [0.1, 0.15) is 5.56 Å². The van der Waals surface area contributed by atoms with Crippen molar-refractivity contribution < 1.29 is 8.09 Å². The van der Waals surface area contributed by atoms with Crippen molar-refractivity contribution in [2.75, 3.05) is 0 Å². The summed E-state index contributed by atoms with van der Waals surface area (Å²) < 4.78 is 25.2. The fraction of sp³-hybridized carbons (Fsp3) is 0. The highest BCUT2D eigenvalue weighted by atomic mass is 32.2. The molecule has 2 nitrogen and oxygen atoms in total. The van der Waals surface area contributed by atoms with Gasteiger partial charge in [-0.1, -0.05) is 12.0 Å². The zero-order valence-corrected chi connectivity index (χ0v) is 6.96. The summed E-state index contributed by atoms with van der Waals surface area (Å²) in [7, 11) is -2.99. The summed E-state index contributed by atoms with van der Waals surface area (Å²) in [6.07, 6.45) is 5.09. The van der Waals surface area contributed by atoms with E-state index in [1.54, 1.807) is 12.1 Å². The van der Waals surface area contributed by atoms with Gasteiger partial charge < -0.3 is 0 Å². The van der Waals surface area contributed by atoms with Crippen LogP contribution < -0.4 is 0 Å². The molecule has 62 valence electrons. The first-order valence-electron chi connectivity index (χ1n) is 3.14. The lowest BCUT2D eigenvalue weighted by molar-refractivity contribution is 0.657. The second-order valence-electron chi connectivity index (χ2n) is 2.02. The van der Waals surface area contributed by atoms with E-state index in [9.17, 15) is 8.09 Å². The minimum absolute atomic E-state index is 0.300. The molecule has 0 fully saturated rings. The van der Waals surface area contributed by atoms with E-state index in [-0.39, 0.29) is 0 Å². The van der Waals surface area contributed by atoms with E-state index in [1.165, 1.54) is 12.1 Å². The number of rotatable bonds is 1. The molecular formula is C8H6FNOS. The molecule has 0 spiro atoms. The molecule has 1 unspecified atom stereocenters. The molecule has 0 aliphatic carbocycles. The van der Waals surface area contributed by atoms with Gasteiger partial charge in [0.25, 0.3) is 0 Å². The summed E-state index contributed by atoms with van der Waals surface area (Å²) in [4.78, 5) is 0. The molecular weight excluding hydrogens is 177 g/mol. The van der Waals surface area contributed by atoms with Crippen molar-refractivity contribution in [2.45, 2.75) is 0 Å². The van der Waals surface area contributed by atoms with Gasteiger partial charge in [0.2, 0.25) is 0 Å². The first-order chi connectivity index (χ1) is 5.72. The first kappa shape index (κ1) is 8.75. The van der Waals surface area contributed by atoms with Gasteiger partial charge in [-0.2, -0.15) is 4.36 Å². The van der Waals surface area contributed by atoms with Crippen molar-refractivity contribution in [3.05, 3.63) is 29.8 Å². The second-order valence-corrected chi connectivity index (χ2v) is 2.67. The average molecular weight is 183 g/mol. The molecule has 0 radical (unpaired) electrons. The molecule has 1 aromatic carbocycles. The lowest BCUT2D eigenvalue weighted by atomic mass is 10.2. The standard InChI is InChI=1S/C8H6FNOS/c1-2-7-4-3-5-8(6-7)10-12(9)11/h1,3-6,12H. The number of hydrogen-bond acceptors (Lipinski definition) is 2. The topological polar surface area (TPSA) is 29.4 Å². The maximum Gasteiger partial charge on any atom is 0.196 e. The van der Waals surface area contributed by atoms with Crippen molar-refractivity contribution in [1.82, 2.24) is 0 Å². The second kappa shape index (κ2) is 3.88. The highest BCUT2D eigenvalue weighted by Crippen LogP contribution is 2.13. The number of hydrogen-bond donors (Lipinski definition) is 1. The Morgan fingerprint density at radius 2 is 2.33 bits per heavy atom. The summed E-state index contributed by atoms with van der Waals surface area (Å²) in [6, 6.07) is 6.34.